The molecule has 4 nitrogen and oxygen atoms in total. The molecule has 0 aliphatic rings. The molecule has 0 fully saturated rings. The summed E-state index contributed by atoms with van der Waals surface area (Å²) in [4.78, 5) is 22.5. The Hall–Kier alpha value is -1.55. The number of hydrogen-bond acceptors (Lipinski definition) is 3. The maximum atomic E-state index is 11.7. The monoisotopic (exact) mass is 269 g/mol. The van der Waals surface area contributed by atoms with Crippen LogP contribution in [0, 0.1) is 0 Å². The van der Waals surface area contributed by atoms with Crippen LogP contribution in [0.15, 0.2) is 30.3 Å². The summed E-state index contributed by atoms with van der Waals surface area (Å²) in [6.45, 7) is 0.407. The first-order valence-electron chi connectivity index (χ1n) is 5.68. The van der Waals surface area contributed by atoms with Gasteiger partial charge in [0.1, 0.15) is 5.38 Å². The van der Waals surface area contributed by atoms with E-state index in [4.69, 9.17) is 11.6 Å². The zero-order valence-corrected chi connectivity index (χ0v) is 10.9. The zero-order valence-electron chi connectivity index (χ0n) is 10.2. The van der Waals surface area contributed by atoms with Crippen LogP contribution in [0.2, 0.25) is 0 Å². The van der Waals surface area contributed by atoms with Gasteiger partial charge < -0.3 is 10.1 Å². The Morgan fingerprint density at radius 3 is 2.61 bits per heavy atom. The van der Waals surface area contributed by atoms with E-state index < -0.39 is 5.38 Å². The van der Waals surface area contributed by atoms with E-state index in [2.05, 4.69) is 10.1 Å². The van der Waals surface area contributed by atoms with E-state index >= 15 is 0 Å². The van der Waals surface area contributed by atoms with Crippen LogP contribution in [0.3, 0.4) is 0 Å². The molecule has 0 bridgehead atoms. The lowest BCUT2D eigenvalue weighted by Gasteiger charge is -2.10. The summed E-state index contributed by atoms with van der Waals surface area (Å²) < 4.78 is 4.50. The van der Waals surface area contributed by atoms with Crippen LogP contribution in [0.5, 0.6) is 0 Å². The number of amides is 1. The minimum absolute atomic E-state index is 0.257. The second kappa shape index (κ2) is 7.71. The average Bonchev–Trinajstić information content (AvgIpc) is 2.43. The van der Waals surface area contributed by atoms with Gasteiger partial charge in [-0.3, -0.25) is 9.59 Å². The van der Waals surface area contributed by atoms with E-state index in [9.17, 15) is 9.59 Å². The summed E-state index contributed by atoms with van der Waals surface area (Å²) in [6.07, 6.45) is 0.825. The number of carbonyl (C=O) groups is 2. The average molecular weight is 270 g/mol. The predicted molar refractivity (Wildman–Crippen MR) is 69.3 cm³/mol. The van der Waals surface area contributed by atoms with Gasteiger partial charge in [-0.2, -0.15) is 0 Å². The lowest BCUT2D eigenvalue weighted by molar-refractivity contribution is -0.140. The quantitative estimate of drug-likeness (QED) is 0.488. The molecule has 98 valence electrons. The molecule has 1 unspecified atom stereocenters. The van der Waals surface area contributed by atoms with Crippen molar-refractivity contribution in [3.05, 3.63) is 35.9 Å². The van der Waals surface area contributed by atoms with Crippen molar-refractivity contribution in [3.63, 3.8) is 0 Å². The highest BCUT2D eigenvalue weighted by Crippen LogP contribution is 2.19. The number of esters is 1. The molecule has 0 aliphatic heterocycles. The molecule has 1 amide bonds. The Morgan fingerprint density at radius 2 is 2.00 bits per heavy atom. The molecule has 5 heteroatoms. The van der Waals surface area contributed by atoms with Gasteiger partial charge in [0.25, 0.3) is 0 Å². The SMILES string of the molecule is COC(=O)CCCNC(=O)C(Cl)c1ccccc1. The van der Waals surface area contributed by atoms with Gasteiger partial charge in [-0.15, -0.1) is 11.6 Å². The molecule has 0 spiro atoms. The lowest BCUT2D eigenvalue weighted by Crippen LogP contribution is -2.28. The van der Waals surface area contributed by atoms with Gasteiger partial charge in [0, 0.05) is 13.0 Å². The summed E-state index contributed by atoms with van der Waals surface area (Å²) in [6, 6.07) is 9.11. The number of ether oxygens (including phenoxy) is 1. The van der Waals surface area contributed by atoms with E-state index in [1.54, 1.807) is 12.1 Å². The van der Waals surface area contributed by atoms with Gasteiger partial charge in [-0.1, -0.05) is 30.3 Å². The first kappa shape index (κ1) is 14.5. The predicted octanol–water partition coefficient (Wildman–Crippen LogP) is 2.04. The number of nitrogens with one attached hydrogen (secondary N) is 1. The minimum Gasteiger partial charge on any atom is -0.469 e. The summed E-state index contributed by atoms with van der Waals surface area (Å²) >= 11 is 6.02. The summed E-state index contributed by atoms with van der Waals surface area (Å²) in [5.74, 6) is -0.539. The van der Waals surface area contributed by atoms with Gasteiger partial charge in [0.2, 0.25) is 5.91 Å². The van der Waals surface area contributed by atoms with E-state index in [0.29, 0.717) is 13.0 Å². The van der Waals surface area contributed by atoms with Crippen molar-refractivity contribution in [2.24, 2.45) is 0 Å². The Kier molecular flexibility index (Phi) is 6.22. The van der Waals surface area contributed by atoms with Gasteiger partial charge >= 0.3 is 5.97 Å². The number of benzene rings is 1. The highest BCUT2D eigenvalue weighted by molar-refractivity contribution is 6.30. The van der Waals surface area contributed by atoms with Gasteiger partial charge in [-0.05, 0) is 12.0 Å². The molecule has 0 aromatic heterocycles. The standard InChI is InChI=1S/C13H16ClNO3/c1-18-11(16)8-5-9-15-13(17)12(14)10-6-3-2-4-7-10/h2-4,6-7,12H,5,8-9H2,1H3,(H,15,17). The minimum atomic E-state index is -0.704. The number of hydrogen-bond donors (Lipinski definition) is 1. The molecule has 18 heavy (non-hydrogen) atoms. The molecular weight excluding hydrogens is 254 g/mol. The highest BCUT2D eigenvalue weighted by Gasteiger charge is 2.16. The Morgan fingerprint density at radius 1 is 1.33 bits per heavy atom. The van der Waals surface area contributed by atoms with Gasteiger partial charge in [0.15, 0.2) is 0 Å². The Labute approximate surface area is 111 Å². The summed E-state index contributed by atoms with van der Waals surface area (Å²) in [7, 11) is 1.34. The number of methoxy groups -OCH3 is 1. The van der Waals surface area contributed by atoms with Gasteiger partial charge in [0.05, 0.1) is 7.11 Å². The molecule has 1 aromatic carbocycles. The second-order valence-corrected chi connectivity index (χ2v) is 4.18. The third-order valence-electron chi connectivity index (χ3n) is 2.41. The highest BCUT2D eigenvalue weighted by atomic mass is 35.5. The van der Waals surface area contributed by atoms with Crippen LogP contribution in [0.1, 0.15) is 23.8 Å². The van der Waals surface area contributed by atoms with Crippen molar-refractivity contribution >= 4 is 23.5 Å². The van der Waals surface area contributed by atoms with Crippen molar-refractivity contribution in [3.8, 4) is 0 Å². The molecule has 0 saturated carbocycles. The molecule has 0 aliphatic carbocycles. The fourth-order valence-electron chi connectivity index (χ4n) is 1.41. The fourth-order valence-corrected chi connectivity index (χ4v) is 1.63. The number of carbonyl (C=O) groups excluding carboxylic acids is 2. The van der Waals surface area contributed by atoms with Crippen LogP contribution < -0.4 is 5.32 Å². The number of alkyl halides is 1. The van der Waals surface area contributed by atoms with Crippen molar-refractivity contribution in [1.82, 2.24) is 5.32 Å². The first-order valence-corrected chi connectivity index (χ1v) is 6.12. The summed E-state index contributed by atoms with van der Waals surface area (Å²) in [5.41, 5.74) is 0.754. The van der Waals surface area contributed by atoms with Crippen molar-refractivity contribution in [2.75, 3.05) is 13.7 Å². The van der Waals surface area contributed by atoms with E-state index in [0.717, 1.165) is 5.56 Å². The van der Waals surface area contributed by atoms with Gasteiger partial charge in [-0.25, -0.2) is 0 Å². The maximum Gasteiger partial charge on any atom is 0.305 e. The van der Waals surface area contributed by atoms with Crippen molar-refractivity contribution in [1.29, 1.82) is 0 Å². The topological polar surface area (TPSA) is 55.4 Å². The smallest absolute Gasteiger partial charge is 0.305 e. The van der Waals surface area contributed by atoms with E-state index in [-0.39, 0.29) is 18.3 Å². The largest absolute Gasteiger partial charge is 0.469 e. The molecule has 1 N–H and O–H groups in total. The lowest BCUT2D eigenvalue weighted by atomic mass is 10.1. The van der Waals surface area contributed by atoms with Crippen LogP contribution in [-0.4, -0.2) is 25.5 Å². The van der Waals surface area contributed by atoms with Crippen molar-refractivity contribution in [2.45, 2.75) is 18.2 Å². The molecule has 0 saturated heterocycles. The third kappa shape index (κ3) is 4.75. The Balaban J connectivity index is 2.31. The molecule has 1 rings (SSSR count). The molecule has 0 heterocycles. The number of rotatable bonds is 6. The second-order valence-electron chi connectivity index (χ2n) is 3.74. The summed E-state index contributed by atoms with van der Waals surface area (Å²) in [5, 5.41) is 1.98. The van der Waals surface area contributed by atoms with Crippen LogP contribution in [-0.2, 0) is 14.3 Å². The zero-order chi connectivity index (χ0) is 13.4. The van der Waals surface area contributed by atoms with Crippen LogP contribution in [0.25, 0.3) is 0 Å². The molecule has 1 aromatic rings. The van der Waals surface area contributed by atoms with E-state index in [1.165, 1.54) is 7.11 Å². The van der Waals surface area contributed by atoms with E-state index in [1.807, 2.05) is 18.2 Å². The Bertz CT molecular complexity index is 394. The normalized spacial score (nSPS) is 11.7. The molecular formula is C13H16ClNO3. The third-order valence-corrected chi connectivity index (χ3v) is 2.86. The molecule has 0 radical (unpaired) electrons. The fraction of sp³-hybridized carbons (Fsp3) is 0.385. The number of halogens is 1. The molecule has 1 atom stereocenters. The van der Waals surface area contributed by atoms with Crippen LogP contribution >= 0.6 is 11.6 Å². The van der Waals surface area contributed by atoms with Crippen molar-refractivity contribution < 1.29 is 14.3 Å². The maximum absolute atomic E-state index is 11.7. The van der Waals surface area contributed by atoms with Crippen LogP contribution in [0.4, 0.5) is 0 Å². The first-order chi connectivity index (χ1) is 8.65.